The van der Waals surface area contributed by atoms with Gasteiger partial charge in [0, 0.05) is 6.26 Å². The minimum absolute atomic E-state index is 0.265. The predicted octanol–water partition coefficient (Wildman–Crippen LogP) is 1.65. The molecule has 0 aliphatic heterocycles. The summed E-state index contributed by atoms with van der Waals surface area (Å²) in [5.74, 6) is -1.08. The van der Waals surface area contributed by atoms with Crippen LogP contribution in [0.25, 0.3) is 0 Å². The number of esters is 1. The normalized spacial score (nSPS) is 16.9. The van der Waals surface area contributed by atoms with E-state index >= 15 is 0 Å². The lowest BCUT2D eigenvalue weighted by Crippen LogP contribution is -2.38. The molecular formula is C16H20O5S. The highest BCUT2D eigenvalue weighted by molar-refractivity contribution is 7.93. The van der Waals surface area contributed by atoms with Crippen LogP contribution in [0.4, 0.5) is 0 Å². The van der Waals surface area contributed by atoms with Gasteiger partial charge < -0.3 is 4.74 Å². The van der Waals surface area contributed by atoms with Crippen molar-refractivity contribution in [2.75, 3.05) is 12.9 Å². The fraction of sp³-hybridized carbons (Fsp3) is 0.500. The Bertz CT molecular complexity index is 685. The first-order valence-electron chi connectivity index (χ1n) is 7.07. The Balaban J connectivity index is 2.03. The second kappa shape index (κ2) is 5.50. The maximum absolute atomic E-state index is 12.3. The summed E-state index contributed by atoms with van der Waals surface area (Å²) in [6.45, 7) is 3.09. The summed E-state index contributed by atoms with van der Waals surface area (Å²) in [5, 5.41) is 0. The van der Waals surface area contributed by atoms with E-state index in [0.29, 0.717) is 0 Å². The Morgan fingerprint density at radius 3 is 2.18 bits per heavy atom. The van der Waals surface area contributed by atoms with Crippen LogP contribution in [-0.2, 0) is 29.6 Å². The third kappa shape index (κ3) is 2.92. The molecule has 0 unspecified atom stereocenters. The van der Waals surface area contributed by atoms with Gasteiger partial charge in [0.15, 0.2) is 27.0 Å². The predicted molar refractivity (Wildman–Crippen MR) is 82.2 cm³/mol. The Hall–Kier alpha value is -1.69. The maximum atomic E-state index is 12.3. The van der Waals surface area contributed by atoms with Crippen molar-refractivity contribution in [3.05, 3.63) is 35.9 Å². The molecule has 1 aliphatic rings. The SMILES string of the molecule is CC(C)(C(=O)COC(=O)C1(S(C)(=O)=O)CC1)c1ccccc1. The smallest absolute Gasteiger partial charge is 0.327 e. The third-order valence-electron chi connectivity index (χ3n) is 4.31. The second-order valence-electron chi connectivity index (χ2n) is 6.26. The molecule has 0 saturated heterocycles. The van der Waals surface area contributed by atoms with Gasteiger partial charge in [0.25, 0.3) is 0 Å². The second-order valence-corrected chi connectivity index (χ2v) is 8.58. The van der Waals surface area contributed by atoms with Crippen molar-refractivity contribution < 1.29 is 22.7 Å². The fourth-order valence-electron chi connectivity index (χ4n) is 2.30. The molecule has 0 radical (unpaired) electrons. The lowest BCUT2D eigenvalue weighted by molar-refractivity contribution is -0.149. The van der Waals surface area contributed by atoms with E-state index in [9.17, 15) is 18.0 Å². The van der Waals surface area contributed by atoms with Crippen molar-refractivity contribution in [3.8, 4) is 0 Å². The minimum Gasteiger partial charge on any atom is -0.456 e. The highest BCUT2D eigenvalue weighted by Gasteiger charge is 2.60. The summed E-state index contributed by atoms with van der Waals surface area (Å²) in [4.78, 5) is 24.3. The third-order valence-corrected chi connectivity index (χ3v) is 6.31. The molecular weight excluding hydrogens is 304 g/mol. The molecule has 1 aromatic carbocycles. The van der Waals surface area contributed by atoms with Crippen LogP contribution in [0.1, 0.15) is 32.3 Å². The summed E-state index contributed by atoms with van der Waals surface area (Å²) in [5.41, 5.74) is 0.0175. The van der Waals surface area contributed by atoms with Crippen molar-refractivity contribution in [2.24, 2.45) is 0 Å². The van der Waals surface area contributed by atoms with Crippen LogP contribution in [-0.4, -0.2) is 37.8 Å². The van der Waals surface area contributed by atoms with Crippen molar-refractivity contribution in [1.29, 1.82) is 0 Å². The zero-order valence-electron chi connectivity index (χ0n) is 13.0. The Kier molecular flexibility index (Phi) is 4.17. The van der Waals surface area contributed by atoms with E-state index in [-0.39, 0.29) is 18.6 Å². The van der Waals surface area contributed by atoms with Gasteiger partial charge in [-0.05, 0) is 32.3 Å². The lowest BCUT2D eigenvalue weighted by atomic mass is 9.81. The highest BCUT2D eigenvalue weighted by Crippen LogP contribution is 2.44. The van der Waals surface area contributed by atoms with E-state index < -0.39 is 32.6 Å². The van der Waals surface area contributed by atoms with Crippen LogP contribution in [0.3, 0.4) is 0 Å². The first-order valence-corrected chi connectivity index (χ1v) is 8.96. The molecule has 0 bridgehead atoms. The van der Waals surface area contributed by atoms with Crippen molar-refractivity contribution >= 4 is 21.6 Å². The molecule has 1 fully saturated rings. The molecule has 1 aromatic rings. The molecule has 0 heterocycles. The summed E-state index contributed by atoms with van der Waals surface area (Å²) in [6, 6.07) is 9.18. The molecule has 0 N–H and O–H groups in total. The van der Waals surface area contributed by atoms with Crippen molar-refractivity contribution in [1.82, 2.24) is 0 Å². The number of Topliss-reactive ketones (excluding diaryl/α,β-unsaturated/α-hetero) is 1. The number of carbonyl (C=O) groups excluding carboxylic acids is 2. The number of hydrogen-bond donors (Lipinski definition) is 0. The summed E-state index contributed by atoms with van der Waals surface area (Å²) in [6.07, 6.45) is 1.55. The number of ketones is 1. The average Bonchev–Trinajstić information content (AvgIpc) is 3.26. The largest absolute Gasteiger partial charge is 0.456 e. The molecule has 120 valence electrons. The Morgan fingerprint density at radius 2 is 1.73 bits per heavy atom. The zero-order valence-corrected chi connectivity index (χ0v) is 13.8. The molecule has 0 aromatic heterocycles. The van der Waals surface area contributed by atoms with E-state index in [1.54, 1.807) is 13.8 Å². The molecule has 1 saturated carbocycles. The summed E-state index contributed by atoms with van der Waals surface area (Å²) >= 11 is 0. The standard InChI is InChI=1S/C16H20O5S/c1-15(2,12-7-5-4-6-8-12)13(17)11-21-14(18)16(9-10-16)22(3,19)20/h4-8H,9-11H2,1-3H3. The number of sulfone groups is 1. The number of carbonyl (C=O) groups is 2. The zero-order chi connectivity index (χ0) is 16.6. The van der Waals surface area contributed by atoms with Gasteiger partial charge in [-0.1, -0.05) is 30.3 Å². The molecule has 1 aliphatic carbocycles. The molecule has 0 spiro atoms. The topological polar surface area (TPSA) is 77.5 Å². The van der Waals surface area contributed by atoms with Gasteiger partial charge in [0.2, 0.25) is 0 Å². The molecule has 2 rings (SSSR count). The van der Waals surface area contributed by atoms with Crippen LogP contribution < -0.4 is 0 Å². The molecule has 0 amide bonds. The van der Waals surface area contributed by atoms with E-state index in [4.69, 9.17) is 4.74 Å². The van der Waals surface area contributed by atoms with Crippen LogP contribution >= 0.6 is 0 Å². The van der Waals surface area contributed by atoms with Crippen LogP contribution in [0.2, 0.25) is 0 Å². The first kappa shape index (κ1) is 16.7. The van der Waals surface area contributed by atoms with E-state index in [1.807, 2.05) is 30.3 Å². The van der Waals surface area contributed by atoms with Gasteiger partial charge in [-0.3, -0.25) is 9.59 Å². The number of rotatable bonds is 6. The van der Waals surface area contributed by atoms with Crippen LogP contribution in [0.15, 0.2) is 30.3 Å². The van der Waals surface area contributed by atoms with E-state index in [2.05, 4.69) is 0 Å². The van der Waals surface area contributed by atoms with E-state index in [0.717, 1.165) is 11.8 Å². The minimum atomic E-state index is -3.51. The van der Waals surface area contributed by atoms with Gasteiger partial charge in [-0.25, -0.2) is 8.42 Å². The van der Waals surface area contributed by atoms with Crippen LogP contribution in [0.5, 0.6) is 0 Å². The highest BCUT2D eigenvalue weighted by atomic mass is 32.2. The summed E-state index contributed by atoms with van der Waals surface area (Å²) < 4.78 is 26.8. The van der Waals surface area contributed by atoms with Gasteiger partial charge in [-0.2, -0.15) is 0 Å². The first-order chi connectivity index (χ1) is 10.1. The van der Waals surface area contributed by atoms with Gasteiger partial charge >= 0.3 is 5.97 Å². The quantitative estimate of drug-likeness (QED) is 0.744. The average molecular weight is 324 g/mol. The Morgan fingerprint density at radius 1 is 1.18 bits per heavy atom. The fourth-order valence-corrected chi connectivity index (χ4v) is 3.50. The molecule has 22 heavy (non-hydrogen) atoms. The molecule has 0 atom stereocenters. The van der Waals surface area contributed by atoms with Crippen molar-refractivity contribution in [3.63, 3.8) is 0 Å². The van der Waals surface area contributed by atoms with Crippen molar-refractivity contribution in [2.45, 2.75) is 36.9 Å². The maximum Gasteiger partial charge on any atom is 0.327 e. The van der Waals surface area contributed by atoms with E-state index in [1.165, 1.54) is 0 Å². The van der Waals surface area contributed by atoms with Gasteiger partial charge in [0.1, 0.15) is 0 Å². The number of benzene rings is 1. The van der Waals surface area contributed by atoms with Gasteiger partial charge in [-0.15, -0.1) is 0 Å². The lowest BCUT2D eigenvalue weighted by Gasteiger charge is -2.24. The monoisotopic (exact) mass is 324 g/mol. The van der Waals surface area contributed by atoms with Gasteiger partial charge in [0.05, 0.1) is 5.41 Å². The Labute approximate surface area is 130 Å². The van der Waals surface area contributed by atoms with Crippen LogP contribution in [0, 0.1) is 0 Å². The summed E-state index contributed by atoms with van der Waals surface area (Å²) in [7, 11) is -3.51. The molecule has 5 nitrogen and oxygen atoms in total. The molecule has 6 heteroatoms. The number of hydrogen-bond acceptors (Lipinski definition) is 5. The number of ether oxygens (including phenoxy) is 1.